The fourth-order valence-corrected chi connectivity index (χ4v) is 0.217. The smallest absolute Gasteiger partial charge is 0.192 e. The Balaban J connectivity index is 3.38. The molecule has 0 unspecified atom stereocenters. The van der Waals surface area contributed by atoms with Gasteiger partial charge in [-0.05, 0) is 6.08 Å². The van der Waals surface area contributed by atoms with Gasteiger partial charge in [-0.15, -0.1) is 0 Å². The van der Waals surface area contributed by atoms with E-state index in [9.17, 15) is 9.59 Å². The monoisotopic (exact) mass is 126 g/mol. The maximum Gasteiger partial charge on any atom is 0.192 e. The maximum atomic E-state index is 10.3. The highest BCUT2D eigenvalue weighted by atomic mass is 16.5. The molecule has 48 valence electrons. The fourth-order valence-electron chi connectivity index (χ4n) is 0.217. The summed E-state index contributed by atoms with van der Waals surface area (Å²) in [5, 5.41) is 0. The van der Waals surface area contributed by atoms with Crippen molar-refractivity contribution in [3.8, 4) is 0 Å². The Morgan fingerprint density at radius 2 is 2.44 bits per heavy atom. The second-order valence-corrected chi connectivity index (χ2v) is 1.22. The molecule has 0 spiro atoms. The summed E-state index contributed by atoms with van der Waals surface area (Å²) in [5.41, 5.74) is 0. The minimum absolute atomic E-state index is 0.140. The molecule has 9 heavy (non-hydrogen) atoms. The second kappa shape index (κ2) is 4.81. The Hall–Kier alpha value is -1.34. The van der Waals surface area contributed by atoms with Crippen molar-refractivity contribution >= 4 is 11.7 Å². The summed E-state index contributed by atoms with van der Waals surface area (Å²) in [6.07, 6.45) is 1.92. The van der Waals surface area contributed by atoms with Crippen LogP contribution in [0.5, 0.6) is 0 Å². The molecule has 0 atom stereocenters. The van der Waals surface area contributed by atoms with E-state index in [4.69, 9.17) is 0 Å². The van der Waals surface area contributed by atoms with Gasteiger partial charge in [0, 0.05) is 0 Å². The number of hydrogen-bond donors (Lipinski definition) is 0. The average Bonchev–Trinajstić information content (AvgIpc) is 1.89. The summed E-state index contributed by atoms with van der Waals surface area (Å²) in [5.74, 6) is 1.10. The first-order valence-electron chi connectivity index (χ1n) is 2.27. The molecule has 0 rings (SSSR count). The summed E-state index contributed by atoms with van der Waals surface area (Å²) >= 11 is 0. The first-order valence-corrected chi connectivity index (χ1v) is 2.27. The highest BCUT2D eigenvalue weighted by Crippen LogP contribution is 1.76. The lowest BCUT2D eigenvalue weighted by Gasteiger charge is -1.89. The molecule has 0 bridgehead atoms. The quantitative estimate of drug-likeness (QED) is 0.305. The van der Waals surface area contributed by atoms with Crippen LogP contribution in [0.15, 0.2) is 18.9 Å². The van der Waals surface area contributed by atoms with Crippen LogP contribution in [0.4, 0.5) is 0 Å². The SMILES string of the molecule is C=CC(=O)COC=C=O. The van der Waals surface area contributed by atoms with Crippen LogP contribution in [0.1, 0.15) is 0 Å². The molecule has 0 aromatic carbocycles. The number of carbonyl (C=O) groups is 1. The summed E-state index contributed by atoms with van der Waals surface area (Å²) in [6.45, 7) is 3.06. The zero-order valence-corrected chi connectivity index (χ0v) is 4.79. The van der Waals surface area contributed by atoms with Gasteiger partial charge in [0.25, 0.3) is 0 Å². The Bertz CT molecular complexity index is 154. The summed E-state index contributed by atoms with van der Waals surface area (Å²) < 4.78 is 4.37. The Kier molecular flexibility index (Phi) is 4.09. The highest BCUT2D eigenvalue weighted by Gasteiger charge is 1.90. The number of carbonyl (C=O) groups excluding carboxylic acids is 2. The molecular weight excluding hydrogens is 120 g/mol. The average molecular weight is 126 g/mol. The maximum absolute atomic E-state index is 10.3. The van der Waals surface area contributed by atoms with Crippen LogP contribution in [0.25, 0.3) is 0 Å². The van der Waals surface area contributed by atoms with Gasteiger partial charge in [-0.2, -0.15) is 0 Å². The summed E-state index contributed by atoms with van der Waals surface area (Å²) in [6, 6.07) is 0. The third kappa shape index (κ3) is 4.51. The fraction of sp³-hybridized carbons (Fsp3) is 0.167. The van der Waals surface area contributed by atoms with E-state index >= 15 is 0 Å². The minimum atomic E-state index is -0.262. The van der Waals surface area contributed by atoms with E-state index in [1.54, 1.807) is 0 Å². The second-order valence-electron chi connectivity index (χ2n) is 1.22. The standard InChI is InChI=1S/C6H6O3/c1-2-6(8)5-9-4-3-7/h2,4H,1,5H2. The zero-order valence-electron chi connectivity index (χ0n) is 4.79. The summed E-state index contributed by atoms with van der Waals surface area (Å²) in [4.78, 5) is 19.7. The topological polar surface area (TPSA) is 43.4 Å². The van der Waals surface area contributed by atoms with Crippen LogP contribution in [0.2, 0.25) is 0 Å². The van der Waals surface area contributed by atoms with Gasteiger partial charge in [0.05, 0.1) is 0 Å². The number of ketones is 1. The van der Waals surface area contributed by atoms with Gasteiger partial charge in [0.2, 0.25) is 0 Å². The van der Waals surface area contributed by atoms with Crippen molar-refractivity contribution in [1.82, 2.24) is 0 Å². The van der Waals surface area contributed by atoms with Crippen molar-refractivity contribution < 1.29 is 14.3 Å². The van der Waals surface area contributed by atoms with Crippen molar-refractivity contribution in [3.63, 3.8) is 0 Å². The Morgan fingerprint density at radius 1 is 1.78 bits per heavy atom. The van der Waals surface area contributed by atoms with Crippen LogP contribution in [0.3, 0.4) is 0 Å². The molecule has 0 heterocycles. The van der Waals surface area contributed by atoms with Crippen LogP contribution in [0, 0.1) is 0 Å². The van der Waals surface area contributed by atoms with E-state index in [-0.39, 0.29) is 12.4 Å². The molecule has 0 saturated heterocycles. The number of rotatable bonds is 4. The molecule has 0 amide bonds. The number of ether oxygens (including phenoxy) is 1. The molecule has 0 aliphatic carbocycles. The van der Waals surface area contributed by atoms with Crippen LogP contribution in [-0.4, -0.2) is 18.3 Å². The number of hydrogen-bond acceptors (Lipinski definition) is 3. The van der Waals surface area contributed by atoms with Gasteiger partial charge >= 0.3 is 0 Å². The molecule has 0 aliphatic rings. The van der Waals surface area contributed by atoms with Crippen molar-refractivity contribution in [2.45, 2.75) is 0 Å². The van der Waals surface area contributed by atoms with Gasteiger partial charge in [-0.3, -0.25) is 4.79 Å². The molecule has 0 saturated carbocycles. The predicted molar refractivity (Wildman–Crippen MR) is 31.4 cm³/mol. The molecule has 0 aromatic rings. The third-order valence-corrected chi connectivity index (χ3v) is 0.585. The first-order chi connectivity index (χ1) is 4.31. The zero-order chi connectivity index (χ0) is 7.11. The summed E-state index contributed by atoms with van der Waals surface area (Å²) in [7, 11) is 0. The highest BCUT2D eigenvalue weighted by molar-refractivity contribution is 5.90. The van der Waals surface area contributed by atoms with Crippen LogP contribution >= 0.6 is 0 Å². The largest absolute Gasteiger partial charge is 0.482 e. The minimum Gasteiger partial charge on any atom is -0.482 e. The van der Waals surface area contributed by atoms with Crippen molar-refractivity contribution in [2.24, 2.45) is 0 Å². The predicted octanol–water partition coefficient (Wildman–Crippen LogP) is 0.103. The lowest BCUT2D eigenvalue weighted by molar-refractivity contribution is -0.117. The lowest BCUT2D eigenvalue weighted by atomic mass is 10.4. The van der Waals surface area contributed by atoms with E-state index in [2.05, 4.69) is 11.3 Å². The van der Waals surface area contributed by atoms with Crippen LogP contribution < -0.4 is 0 Å². The van der Waals surface area contributed by atoms with Gasteiger partial charge in [-0.25, -0.2) is 4.79 Å². The molecule has 0 N–H and O–H groups in total. The van der Waals surface area contributed by atoms with E-state index in [0.717, 1.165) is 12.3 Å². The molecule has 0 aliphatic heterocycles. The van der Waals surface area contributed by atoms with E-state index < -0.39 is 0 Å². The Labute approximate surface area is 52.6 Å². The van der Waals surface area contributed by atoms with E-state index in [0.29, 0.717) is 0 Å². The van der Waals surface area contributed by atoms with Gasteiger partial charge in [0.1, 0.15) is 0 Å². The molecule has 3 nitrogen and oxygen atoms in total. The normalized spacial score (nSPS) is 7.11. The van der Waals surface area contributed by atoms with Crippen molar-refractivity contribution in [3.05, 3.63) is 18.9 Å². The lowest BCUT2D eigenvalue weighted by Crippen LogP contribution is -2.00. The molecule has 0 aromatic heterocycles. The van der Waals surface area contributed by atoms with E-state index in [1.165, 1.54) is 5.94 Å². The van der Waals surface area contributed by atoms with Crippen LogP contribution in [-0.2, 0) is 14.3 Å². The Morgan fingerprint density at radius 3 is 2.89 bits per heavy atom. The molecule has 3 heteroatoms. The first kappa shape index (κ1) is 7.66. The van der Waals surface area contributed by atoms with Crippen molar-refractivity contribution in [2.75, 3.05) is 6.61 Å². The van der Waals surface area contributed by atoms with Gasteiger partial charge < -0.3 is 4.74 Å². The van der Waals surface area contributed by atoms with Gasteiger partial charge in [0.15, 0.2) is 24.6 Å². The molecule has 0 radical (unpaired) electrons. The van der Waals surface area contributed by atoms with E-state index in [1.807, 2.05) is 0 Å². The molecule has 0 fully saturated rings. The van der Waals surface area contributed by atoms with Gasteiger partial charge in [-0.1, -0.05) is 6.58 Å². The van der Waals surface area contributed by atoms with Crippen molar-refractivity contribution in [1.29, 1.82) is 0 Å². The third-order valence-electron chi connectivity index (χ3n) is 0.585. The molecular formula is C6H6O3.